The number of nitrogens with zero attached hydrogens (tertiary/aromatic N) is 1. The van der Waals surface area contributed by atoms with Crippen molar-refractivity contribution in [1.29, 1.82) is 0 Å². The summed E-state index contributed by atoms with van der Waals surface area (Å²) in [4.78, 5) is 37.4. The lowest BCUT2D eigenvalue weighted by molar-refractivity contribution is -0.117. The van der Waals surface area contributed by atoms with Gasteiger partial charge in [0.05, 0.1) is 18.9 Å². The number of ether oxygens (including phenoxy) is 1. The first-order valence-electron chi connectivity index (χ1n) is 9.20. The second-order valence-corrected chi connectivity index (χ2v) is 7.19. The van der Waals surface area contributed by atoms with Crippen molar-refractivity contribution >= 4 is 41.4 Å². The Morgan fingerprint density at radius 2 is 1.68 bits per heavy atom. The van der Waals surface area contributed by atoms with Crippen molar-refractivity contribution in [2.24, 2.45) is 5.10 Å². The lowest BCUT2D eigenvalue weighted by Crippen LogP contribution is -2.32. The van der Waals surface area contributed by atoms with Gasteiger partial charge in [-0.3, -0.25) is 9.59 Å². The molecule has 156 valence electrons. The van der Waals surface area contributed by atoms with E-state index in [1.54, 1.807) is 60.7 Å². The highest BCUT2D eigenvalue weighted by atomic mass is 32.1. The summed E-state index contributed by atoms with van der Waals surface area (Å²) in [6.45, 7) is 0. The molecule has 1 aromatic heterocycles. The van der Waals surface area contributed by atoms with E-state index in [9.17, 15) is 14.4 Å². The minimum atomic E-state index is -0.569. The summed E-state index contributed by atoms with van der Waals surface area (Å²) < 4.78 is 4.65. The summed E-state index contributed by atoms with van der Waals surface area (Å²) in [6.07, 6.45) is 3.02. The third-order valence-electron chi connectivity index (χ3n) is 4.07. The van der Waals surface area contributed by atoms with Crippen LogP contribution >= 0.6 is 11.3 Å². The van der Waals surface area contributed by atoms with E-state index < -0.39 is 17.8 Å². The Kier molecular flexibility index (Phi) is 7.45. The first kappa shape index (κ1) is 21.7. The maximum Gasteiger partial charge on any atom is 0.337 e. The van der Waals surface area contributed by atoms with Gasteiger partial charge in [-0.25, -0.2) is 10.2 Å². The zero-order valence-corrected chi connectivity index (χ0v) is 17.4. The Labute approximate surface area is 183 Å². The van der Waals surface area contributed by atoms with Crippen LogP contribution in [0.25, 0.3) is 6.08 Å². The molecule has 31 heavy (non-hydrogen) atoms. The smallest absolute Gasteiger partial charge is 0.337 e. The summed E-state index contributed by atoms with van der Waals surface area (Å²) in [5, 5.41) is 8.45. The van der Waals surface area contributed by atoms with Gasteiger partial charge in [-0.05, 0) is 47.4 Å². The quantitative estimate of drug-likeness (QED) is 0.258. The van der Waals surface area contributed by atoms with Crippen LogP contribution in [-0.2, 0) is 9.53 Å². The van der Waals surface area contributed by atoms with Crippen LogP contribution in [0.3, 0.4) is 0 Å². The van der Waals surface area contributed by atoms with E-state index in [1.807, 2.05) is 17.5 Å². The molecule has 2 aromatic carbocycles. The lowest BCUT2D eigenvalue weighted by atomic mass is 10.1. The van der Waals surface area contributed by atoms with Crippen LogP contribution in [0.1, 0.15) is 31.2 Å². The van der Waals surface area contributed by atoms with Crippen molar-refractivity contribution < 1.29 is 19.1 Å². The SMILES string of the molecule is COC(=O)c1ccc(/C=N\NC(=O)/C(=C\c2cccs2)NC(=O)c2ccccc2)cc1. The Morgan fingerprint density at radius 1 is 0.935 bits per heavy atom. The van der Waals surface area contributed by atoms with Crippen LogP contribution in [-0.4, -0.2) is 31.1 Å². The van der Waals surface area contributed by atoms with E-state index in [2.05, 4.69) is 20.6 Å². The minimum Gasteiger partial charge on any atom is -0.465 e. The zero-order valence-electron chi connectivity index (χ0n) is 16.6. The Balaban J connectivity index is 1.70. The Hall–Kier alpha value is -4.04. The van der Waals surface area contributed by atoms with Crippen LogP contribution in [0.2, 0.25) is 0 Å². The minimum absolute atomic E-state index is 0.0643. The predicted molar refractivity (Wildman–Crippen MR) is 120 cm³/mol. The maximum atomic E-state index is 12.6. The molecular weight excluding hydrogens is 414 g/mol. The molecule has 2 amide bonds. The van der Waals surface area contributed by atoms with Gasteiger partial charge >= 0.3 is 5.97 Å². The highest BCUT2D eigenvalue weighted by Crippen LogP contribution is 2.13. The predicted octanol–water partition coefficient (Wildman–Crippen LogP) is 3.46. The van der Waals surface area contributed by atoms with Crippen molar-refractivity contribution in [2.45, 2.75) is 0 Å². The van der Waals surface area contributed by atoms with Gasteiger partial charge in [0.1, 0.15) is 5.70 Å². The Morgan fingerprint density at radius 3 is 2.32 bits per heavy atom. The summed E-state index contributed by atoms with van der Waals surface area (Å²) in [7, 11) is 1.31. The first-order chi connectivity index (χ1) is 15.1. The molecule has 0 fully saturated rings. The summed E-state index contributed by atoms with van der Waals surface area (Å²) >= 11 is 1.43. The standard InChI is InChI=1S/C23H19N3O4S/c1-30-23(29)18-11-9-16(10-12-18)15-24-26-22(28)20(14-19-8-5-13-31-19)25-21(27)17-6-3-2-4-7-17/h2-15H,1H3,(H,25,27)(H,26,28)/b20-14+,24-15-. The highest BCUT2D eigenvalue weighted by molar-refractivity contribution is 7.10. The number of hydrogen-bond acceptors (Lipinski definition) is 6. The van der Waals surface area contributed by atoms with E-state index in [0.29, 0.717) is 16.7 Å². The molecule has 0 aliphatic heterocycles. The molecule has 0 bridgehead atoms. The number of carbonyl (C=O) groups is 3. The fourth-order valence-electron chi connectivity index (χ4n) is 2.51. The van der Waals surface area contributed by atoms with Gasteiger partial charge < -0.3 is 10.1 Å². The molecule has 3 rings (SSSR count). The molecule has 8 heteroatoms. The van der Waals surface area contributed by atoms with Crippen LogP contribution in [0.5, 0.6) is 0 Å². The molecule has 0 aliphatic rings. The maximum absolute atomic E-state index is 12.6. The molecule has 0 spiro atoms. The summed E-state index contributed by atoms with van der Waals surface area (Å²) in [5.41, 5.74) is 3.99. The molecule has 0 aliphatic carbocycles. The second kappa shape index (κ2) is 10.7. The van der Waals surface area contributed by atoms with Gasteiger partial charge in [0.2, 0.25) is 0 Å². The molecule has 2 N–H and O–H groups in total. The van der Waals surface area contributed by atoms with Gasteiger partial charge in [-0.2, -0.15) is 5.10 Å². The van der Waals surface area contributed by atoms with Crippen molar-refractivity contribution in [3.63, 3.8) is 0 Å². The summed E-state index contributed by atoms with van der Waals surface area (Å²) in [5.74, 6) is -1.41. The van der Waals surface area contributed by atoms with Gasteiger partial charge in [-0.15, -0.1) is 11.3 Å². The third-order valence-corrected chi connectivity index (χ3v) is 4.89. The number of thiophene rings is 1. The van der Waals surface area contributed by atoms with E-state index in [4.69, 9.17) is 0 Å². The van der Waals surface area contributed by atoms with Crippen LogP contribution in [0.15, 0.2) is 82.9 Å². The van der Waals surface area contributed by atoms with Crippen molar-refractivity contribution in [2.75, 3.05) is 7.11 Å². The largest absolute Gasteiger partial charge is 0.465 e. The van der Waals surface area contributed by atoms with E-state index in [-0.39, 0.29) is 5.70 Å². The number of carbonyl (C=O) groups excluding carboxylic acids is 3. The van der Waals surface area contributed by atoms with Gasteiger partial charge in [0.15, 0.2) is 0 Å². The highest BCUT2D eigenvalue weighted by Gasteiger charge is 2.14. The first-order valence-corrected chi connectivity index (χ1v) is 10.1. The van der Waals surface area contributed by atoms with E-state index in [1.165, 1.54) is 24.7 Å². The molecule has 7 nitrogen and oxygen atoms in total. The molecule has 0 unspecified atom stereocenters. The van der Waals surface area contributed by atoms with E-state index in [0.717, 1.165) is 4.88 Å². The number of amides is 2. The number of rotatable bonds is 7. The fraction of sp³-hybridized carbons (Fsp3) is 0.0435. The zero-order chi connectivity index (χ0) is 22.1. The molecule has 0 radical (unpaired) electrons. The molecule has 0 saturated heterocycles. The third kappa shape index (κ3) is 6.22. The molecule has 0 saturated carbocycles. The van der Waals surface area contributed by atoms with Crippen molar-refractivity contribution in [3.8, 4) is 0 Å². The lowest BCUT2D eigenvalue weighted by Gasteiger charge is -2.08. The number of nitrogens with one attached hydrogen (secondary N) is 2. The fourth-order valence-corrected chi connectivity index (χ4v) is 3.16. The molecule has 0 atom stereocenters. The van der Waals surface area contributed by atoms with Crippen molar-refractivity contribution in [3.05, 3.63) is 99.4 Å². The molecule has 1 heterocycles. The van der Waals surface area contributed by atoms with Gasteiger partial charge in [-0.1, -0.05) is 36.4 Å². The molecular formula is C23H19N3O4S. The number of methoxy groups -OCH3 is 1. The number of hydrogen-bond donors (Lipinski definition) is 2. The van der Waals surface area contributed by atoms with Gasteiger partial charge in [0.25, 0.3) is 11.8 Å². The van der Waals surface area contributed by atoms with Crippen molar-refractivity contribution in [1.82, 2.24) is 10.7 Å². The molecule has 3 aromatic rings. The number of esters is 1. The Bertz CT molecular complexity index is 1110. The average molecular weight is 433 g/mol. The monoisotopic (exact) mass is 433 g/mol. The van der Waals surface area contributed by atoms with Crippen LogP contribution in [0.4, 0.5) is 0 Å². The van der Waals surface area contributed by atoms with E-state index >= 15 is 0 Å². The summed E-state index contributed by atoms with van der Waals surface area (Å²) in [6, 6.07) is 18.8. The topological polar surface area (TPSA) is 96.9 Å². The normalized spacial score (nSPS) is 11.2. The number of hydrazone groups is 1. The average Bonchev–Trinajstić information content (AvgIpc) is 3.32. The number of benzene rings is 2. The second-order valence-electron chi connectivity index (χ2n) is 6.21. The van der Waals surface area contributed by atoms with Gasteiger partial charge in [0, 0.05) is 10.4 Å². The van der Waals surface area contributed by atoms with Crippen LogP contribution in [0, 0.1) is 0 Å². The van der Waals surface area contributed by atoms with Crippen LogP contribution < -0.4 is 10.7 Å².